The Balaban J connectivity index is 1.78. The van der Waals surface area contributed by atoms with E-state index in [2.05, 4.69) is 15.5 Å². The molecule has 0 saturated carbocycles. The van der Waals surface area contributed by atoms with Gasteiger partial charge in [-0.05, 0) is 35.9 Å². The predicted molar refractivity (Wildman–Crippen MR) is 106 cm³/mol. The largest absolute Gasteiger partial charge is 0.478 e. The summed E-state index contributed by atoms with van der Waals surface area (Å²) in [5, 5.41) is 20.4. The Morgan fingerprint density at radius 3 is 2.44 bits per heavy atom. The van der Waals surface area contributed by atoms with E-state index >= 15 is 0 Å². The van der Waals surface area contributed by atoms with E-state index in [0.717, 1.165) is 11.3 Å². The molecule has 0 aliphatic carbocycles. The summed E-state index contributed by atoms with van der Waals surface area (Å²) in [5.41, 5.74) is 1.24. The van der Waals surface area contributed by atoms with Gasteiger partial charge in [0.15, 0.2) is 5.01 Å². The summed E-state index contributed by atoms with van der Waals surface area (Å²) in [6.07, 6.45) is 1.54. The van der Waals surface area contributed by atoms with Crippen LogP contribution in [0.15, 0.2) is 48.5 Å². The van der Waals surface area contributed by atoms with E-state index in [0.29, 0.717) is 16.3 Å². The molecule has 0 spiro atoms. The third-order valence-electron chi connectivity index (χ3n) is 3.38. The van der Waals surface area contributed by atoms with Gasteiger partial charge in [-0.3, -0.25) is 4.79 Å². The molecule has 1 heterocycles. The van der Waals surface area contributed by atoms with Crippen molar-refractivity contribution in [3.05, 3.63) is 74.7 Å². The molecular formula is C18H11Cl2N3O3S. The molecule has 1 amide bonds. The SMILES string of the molecule is O=C(O)c1ccc(C=C(Cl)c2nnc(C(=O)Nc3ccccc3)s2)c(Cl)c1. The van der Waals surface area contributed by atoms with Gasteiger partial charge in [0.2, 0.25) is 5.01 Å². The van der Waals surface area contributed by atoms with Crippen LogP contribution in [0.1, 0.15) is 30.7 Å². The molecule has 0 fully saturated rings. The maximum Gasteiger partial charge on any atom is 0.335 e. The van der Waals surface area contributed by atoms with Crippen LogP contribution in [0.3, 0.4) is 0 Å². The van der Waals surface area contributed by atoms with E-state index in [1.807, 2.05) is 6.07 Å². The van der Waals surface area contributed by atoms with E-state index < -0.39 is 11.9 Å². The molecule has 0 unspecified atom stereocenters. The van der Waals surface area contributed by atoms with Crippen LogP contribution in [0.25, 0.3) is 11.1 Å². The number of aromatic nitrogens is 2. The zero-order valence-corrected chi connectivity index (χ0v) is 15.8. The van der Waals surface area contributed by atoms with Gasteiger partial charge in [0.25, 0.3) is 5.91 Å². The summed E-state index contributed by atoms with van der Waals surface area (Å²) in [7, 11) is 0. The number of rotatable bonds is 5. The molecular weight excluding hydrogens is 409 g/mol. The van der Waals surface area contributed by atoms with Crippen molar-refractivity contribution in [3.63, 3.8) is 0 Å². The lowest BCUT2D eigenvalue weighted by atomic mass is 10.1. The third kappa shape index (κ3) is 4.71. The highest BCUT2D eigenvalue weighted by Crippen LogP contribution is 2.28. The highest BCUT2D eigenvalue weighted by molar-refractivity contribution is 7.15. The summed E-state index contributed by atoms with van der Waals surface area (Å²) in [4.78, 5) is 23.2. The first kappa shape index (κ1) is 19.0. The van der Waals surface area contributed by atoms with Gasteiger partial charge in [-0.2, -0.15) is 0 Å². The predicted octanol–water partition coefficient (Wildman–Crippen LogP) is 4.88. The molecule has 9 heteroatoms. The number of para-hydroxylation sites is 1. The number of amides is 1. The number of halogens is 2. The number of carbonyl (C=O) groups excluding carboxylic acids is 1. The Labute approximate surface area is 168 Å². The van der Waals surface area contributed by atoms with E-state index in [9.17, 15) is 9.59 Å². The van der Waals surface area contributed by atoms with E-state index in [1.54, 1.807) is 24.3 Å². The normalized spacial score (nSPS) is 11.3. The van der Waals surface area contributed by atoms with Crippen molar-refractivity contribution in [1.29, 1.82) is 0 Å². The summed E-state index contributed by atoms with van der Waals surface area (Å²) in [6, 6.07) is 13.3. The maximum atomic E-state index is 12.2. The van der Waals surface area contributed by atoms with Gasteiger partial charge in [0, 0.05) is 10.7 Å². The van der Waals surface area contributed by atoms with Crippen LogP contribution in [0.2, 0.25) is 5.02 Å². The smallest absolute Gasteiger partial charge is 0.335 e. The fourth-order valence-electron chi connectivity index (χ4n) is 2.09. The second kappa shape index (κ2) is 8.30. The van der Waals surface area contributed by atoms with Crippen molar-refractivity contribution in [1.82, 2.24) is 10.2 Å². The number of nitrogens with one attached hydrogen (secondary N) is 1. The topological polar surface area (TPSA) is 92.2 Å². The van der Waals surface area contributed by atoms with Gasteiger partial charge in [-0.1, -0.05) is 58.8 Å². The van der Waals surface area contributed by atoms with Gasteiger partial charge < -0.3 is 10.4 Å². The number of anilines is 1. The first-order valence-electron chi connectivity index (χ1n) is 7.54. The fourth-order valence-corrected chi connectivity index (χ4v) is 3.25. The molecule has 6 nitrogen and oxygen atoms in total. The van der Waals surface area contributed by atoms with E-state index in [1.165, 1.54) is 24.3 Å². The Hall–Kier alpha value is -2.74. The lowest BCUT2D eigenvalue weighted by molar-refractivity contribution is 0.0696. The molecule has 3 aromatic rings. The molecule has 0 radical (unpaired) electrons. The van der Waals surface area contributed by atoms with E-state index in [-0.39, 0.29) is 20.6 Å². The van der Waals surface area contributed by atoms with Crippen LogP contribution in [-0.2, 0) is 0 Å². The second-order valence-electron chi connectivity index (χ2n) is 5.27. The summed E-state index contributed by atoms with van der Waals surface area (Å²) in [6.45, 7) is 0. The highest BCUT2D eigenvalue weighted by Gasteiger charge is 2.15. The van der Waals surface area contributed by atoms with Crippen molar-refractivity contribution in [2.45, 2.75) is 0 Å². The monoisotopic (exact) mass is 419 g/mol. The van der Waals surface area contributed by atoms with Crippen LogP contribution in [0.4, 0.5) is 5.69 Å². The maximum absolute atomic E-state index is 12.2. The van der Waals surface area contributed by atoms with Gasteiger partial charge in [0.05, 0.1) is 10.6 Å². The number of carboxylic acid groups (broad SMARTS) is 1. The minimum Gasteiger partial charge on any atom is -0.478 e. The average Bonchev–Trinajstić information content (AvgIpc) is 3.14. The molecule has 0 aliphatic rings. The van der Waals surface area contributed by atoms with Crippen LogP contribution in [0.5, 0.6) is 0 Å². The number of nitrogens with zero attached hydrogens (tertiary/aromatic N) is 2. The van der Waals surface area contributed by atoms with Gasteiger partial charge in [-0.15, -0.1) is 10.2 Å². The van der Waals surface area contributed by atoms with Gasteiger partial charge >= 0.3 is 5.97 Å². The summed E-state index contributed by atoms with van der Waals surface area (Å²) >= 11 is 13.4. The van der Waals surface area contributed by atoms with Crippen molar-refractivity contribution in [3.8, 4) is 0 Å². The number of benzene rings is 2. The minimum absolute atomic E-state index is 0.0732. The third-order valence-corrected chi connectivity index (χ3v) is 5.07. The van der Waals surface area contributed by atoms with Gasteiger partial charge in [0.1, 0.15) is 0 Å². The fraction of sp³-hybridized carbons (Fsp3) is 0. The Morgan fingerprint density at radius 1 is 1.07 bits per heavy atom. The summed E-state index contributed by atoms with van der Waals surface area (Å²) < 4.78 is 0. The quantitative estimate of drug-likeness (QED) is 0.614. The molecule has 0 atom stereocenters. The van der Waals surface area contributed by atoms with Crippen molar-refractivity contribution < 1.29 is 14.7 Å². The Bertz CT molecular complexity index is 1040. The van der Waals surface area contributed by atoms with Crippen LogP contribution in [0, 0.1) is 0 Å². The van der Waals surface area contributed by atoms with Crippen molar-refractivity contribution in [2.75, 3.05) is 5.32 Å². The molecule has 2 aromatic carbocycles. The van der Waals surface area contributed by atoms with Crippen molar-refractivity contribution >= 4 is 63.2 Å². The van der Waals surface area contributed by atoms with Crippen molar-refractivity contribution in [2.24, 2.45) is 0 Å². The first-order valence-corrected chi connectivity index (χ1v) is 9.11. The molecule has 136 valence electrons. The standard InChI is InChI=1S/C18H11Cl2N3O3S/c19-13-9-11(18(25)26)7-6-10(13)8-14(20)16-22-23-17(27-16)15(24)21-12-4-2-1-3-5-12/h1-9H,(H,21,24)(H,25,26). The average molecular weight is 420 g/mol. The van der Waals surface area contributed by atoms with Crippen LogP contribution in [-0.4, -0.2) is 27.2 Å². The Morgan fingerprint density at radius 2 is 1.78 bits per heavy atom. The number of carbonyl (C=O) groups is 2. The van der Waals surface area contributed by atoms with Crippen LogP contribution < -0.4 is 5.32 Å². The molecule has 0 aliphatic heterocycles. The number of hydrogen-bond donors (Lipinski definition) is 2. The molecule has 27 heavy (non-hydrogen) atoms. The second-order valence-corrected chi connectivity index (χ2v) is 7.06. The number of hydrogen-bond acceptors (Lipinski definition) is 5. The minimum atomic E-state index is -1.07. The molecule has 1 aromatic heterocycles. The number of carboxylic acids is 1. The van der Waals surface area contributed by atoms with Gasteiger partial charge in [-0.25, -0.2) is 4.79 Å². The molecule has 2 N–H and O–H groups in total. The molecule has 3 rings (SSSR count). The zero-order chi connectivity index (χ0) is 19.4. The Kier molecular flexibility index (Phi) is 5.85. The number of aromatic carboxylic acids is 1. The molecule has 0 saturated heterocycles. The van der Waals surface area contributed by atoms with E-state index in [4.69, 9.17) is 28.3 Å². The first-order chi connectivity index (χ1) is 12.9. The highest BCUT2D eigenvalue weighted by atomic mass is 35.5. The van der Waals surface area contributed by atoms with Crippen LogP contribution >= 0.6 is 34.5 Å². The zero-order valence-electron chi connectivity index (χ0n) is 13.5. The molecule has 0 bridgehead atoms. The lowest BCUT2D eigenvalue weighted by Gasteiger charge is -2.01. The summed E-state index contributed by atoms with van der Waals surface area (Å²) in [5.74, 6) is -1.46. The lowest BCUT2D eigenvalue weighted by Crippen LogP contribution is -2.11.